The first-order chi connectivity index (χ1) is 10.2. The van der Waals surface area contributed by atoms with E-state index in [1.807, 2.05) is 0 Å². The summed E-state index contributed by atoms with van der Waals surface area (Å²) in [6.45, 7) is -0.727. The third-order valence-electron chi connectivity index (χ3n) is 3.58. The van der Waals surface area contributed by atoms with Crippen molar-refractivity contribution >= 4 is 22.5 Å². The third-order valence-corrected chi connectivity index (χ3v) is 3.79. The summed E-state index contributed by atoms with van der Waals surface area (Å²) >= 11 is 5.92. The van der Waals surface area contributed by atoms with Crippen molar-refractivity contribution in [3.05, 3.63) is 47.4 Å². The van der Waals surface area contributed by atoms with E-state index in [1.54, 1.807) is 34.9 Å². The summed E-state index contributed by atoms with van der Waals surface area (Å²) in [5, 5.41) is 0.706. The molecule has 0 saturated heterocycles. The maximum absolute atomic E-state index is 14.0. The zero-order valence-corrected chi connectivity index (χ0v) is 11.4. The van der Waals surface area contributed by atoms with Gasteiger partial charge in [0.15, 0.2) is 0 Å². The number of alkyl halides is 1. The zero-order chi connectivity index (χ0) is 14.6. The predicted molar refractivity (Wildman–Crippen MR) is 75.8 cm³/mol. The molecule has 1 aliphatic heterocycles. The normalized spacial score (nSPS) is 16.4. The van der Waals surface area contributed by atoms with Gasteiger partial charge in [0.05, 0.1) is 11.2 Å². The number of pyridine rings is 1. The van der Waals surface area contributed by atoms with Crippen LogP contribution in [0.5, 0.6) is 5.75 Å². The molecule has 0 fully saturated rings. The second-order valence-corrected chi connectivity index (χ2v) is 5.17. The first kappa shape index (κ1) is 12.6. The van der Waals surface area contributed by atoms with Gasteiger partial charge in [-0.25, -0.2) is 13.8 Å². The molecule has 21 heavy (non-hydrogen) atoms. The maximum atomic E-state index is 14.0. The average Bonchev–Trinajstić information content (AvgIpc) is 2.88. The molecule has 1 atom stereocenters. The molecule has 3 heterocycles. The summed E-state index contributed by atoms with van der Waals surface area (Å²) in [6.07, 6.45) is -0.838. The van der Waals surface area contributed by atoms with E-state index in [2.05, 4.69) is 4.98 Å². The molecule has 1 unspecified atom stereocenters. The van der Waals surface area contributed by atoms with Crippen LogP contribution in [0.15, 0.2) is 36.4 Å². The Morgan fingerprint density at radius 1 is 1.29 bits per heavy atom. The highest BCUT2D eigenvalue weighted by Crippen LogP contribution is 2.41. The van der Waals surface area contributed by atoms with Crippen LogP contribution in [0.4, 0.5) is 8.78 Å². The molecule has 0 amide bonds. The molecule has 0 radical (unpaired) electrons. The van der Waals surface area contributed by atoms with Gasteiger partial charge >= 0.3 is 0 Å². The van der Waals surface area contributed by atoms with Crippen LogP contribution in [0, 0.1) is 5.82 Å². The van der Waals surface area contributed by atoms with Gasteiger partial charge in [0.25, 0.3) is 0 Å². The van der Waals surface area contributed by atoms with Crippen LogP contribution in [-0.4, -0.2) is 16.2 Å². The van der Waals surface area contributed by atoms with Crippen molar-refractivity contribution in [2.75, 3.05) is 6.67 Å². The summed E-state index contributed by atoms with van der Waals surface area (Å²) in [6, 6.07) is 9.55. The van der Waals surface area contributed by atoms with E-state index in [-0.39, 0.29) is 5.82 Å². The van der Waals surface area contributed by atoms with Gasteiger partial charge in [-0.05, 0) is 30.3 Å². The van der Waals surface area contributed by atoms with Crippen LogP contribution < -0.4 is 4.74 Å². The Morgan fingerprint density at radius 3 is 2.95 bits per heavy atom. The van der Waals surface area contributed by atoms with Gasteiger partial charge < -0.3 is 9.30 Å². The van der Waals surface area contributed by atoms with Crippen molar-refractivity contribution in [2.24, 2.45) is 0 Å². The molecule has 0 bridgehead atoms. The minimum atomic E-state index is -0.838. The Hall–Kier alpha value is -2.14. The van der Waals surface area contributed by atoms with Crippen molar-refractivity contribution in [3.8, 4) is 17.1 Å². The number of hydrogen-bond donors (Lipinski definition) is 0. The van der Waals surface area contributed by atoms with E-state index in [0.29, 0.717) is 33.2 Å². The number of ether oxygens (including phenoxy) is 1. The van der Waals surface area contributed by atoms with Gasteiger partial charge in [0, 0.05) is 5.39 Å². The lowest BCUT2D eigenvalue weighted by atomic mass is 10.2. The van der Waals surface area contributed by atoms with Gasteiger partial charge in [-0.3, -0.25) is 0 Å². The van der Waals surface area contributed by atoms with Crippen LogP contribution in [0.25, 0.3) is 22.3 Å². The molecular formula is C15H9ClF2N2O. The van der Waals surface area contributed by atoms with Crippen molar-refractivity contribution in [2.45, 2.75) is 6.23 Å². The van der Waals surface area contributed by atoms with Gasteiger partial charge in [0.2, 0.25) is 6.23 Å². The second-order valence-electron chi connectivity index (χ2n) is 4.78. The van der Waals surface area contributed by atoms with Gasteiger partial charge in [0.1, 0.15) is 29.1 Å². The number of halogens is 3. The highest BCUT2D eigenvalue weighted by Gasteiger charge is 2.29. The maximum Gasteiger partial charge on any atom is 0.205 e. The molecule has 0 aliphatic carbocycles. The Bertz CT molecular complexity index is 862. The summed E-state index contributed by atoms with van der Waals surface area (Å²) in [5.74, 6) is 0.0772. The van der Waals surface area contributed by atoms with E-state index in [1.165, 1.54) is 6.07 Å². The van der Waals surface area contributed by atoms with Crippen molar-refractivity contribution < 1.29 is 13.5 Å². The minimum absolute atomic E-state index is 0.299. The van der Waals surface area contributed by atoms with Gasteiger partial charge in [-0.15, -0.1) is 0 Å². The number of nitrogens with zero attached hydrogens (tertiary/aromatic N) is 2. The zero-order valence-electron chi connectivity index (χ0n) is 10.7. The lowest BCUT2D eigenvalue weighted by Crippen LogP contribution is -2.23. The number of aromatic nitrogens is 2. The molecule has 2 aromatic heterocycles. The Labute approximate surface area is 123 Å². The molecule has 6 heteroatoms. The first-order valence-electron chi connectivity index (χ1n) is 6.38. The van der Waals surface area contributed by atoms with Crippen molar-refractivity contribution in [1.29, 1.82) is 0 Å². The van der Waals surface area contributed by atoms with Crippen LogP contribution >= 0.6 is 11.6 Å². The van der Waals surface area contributed by atoms with Crippen LogP contribution in [0.3, 0.4) is 0 Å². The van der Waals surface area contributed by atoms with E-state index >= 15 is 0 Å². The fourth-order valence-electron chi connectivity index (χ4n) is 2.71. The van der Waals surface area contributed by atoms with E-state index in [4.69, 9.17) is 16.3 Å². The summed E-state index contributed by atoms with van der Waals surface area (Å²) in [5.41, 5.74) is 1.66. The standard InChI is InChI=1S/C15H9ClF2N2O/c16-13-5-4-12-15(19-13)11-6-8-9(18)2-1-3-10(8)20(11)14(7-17)21-12/h1-6,14H,7H2. The van der Waals surface area contributed by atoms with Crippen molar-refractivity contribution in [3.63, 3.8) is 0 Å². The summed E-state index contributed by atoms with van der Waals surface area (Å²) < 4.78 is 34.5. The quantitative estimate of drug-likeness (QED) is 0.625. The Balaban J connectivity index is 2.10. The average molecular weight is 307 g/mol. The monoisotopic (exact) mass is 306 g/mol. The number of fused-ring (bicyclic) bond motifs is 5. The molecule has 0 N–H and O–H groups in total. The number of rotatable bonds is 1. The number of hydrogen-bond acceptors (Lipinski definition) is 2. The SMILES string of the molecule is FCC1Oc2ccc(Cl)nc2-c2cc3c(F)cccc3n21. The fraction of sp³-hybridized carbons (Fsp3) is 0.133. The smallest absolute Gasteiger partial charge is 0.205 e. The van der Waals surface area contributed by atoms with Gasteiger partial charge in [-0.1, -0.05) is 17.7 Å². The minimum Gasteiger partial charge on any atom is -0.465 e. The van der Waals surface area contributed by atoms with Crippen molar-refractivity contribution in [1.82, 2.24) is 9.55 Å². The molecule has 3 nitrogen and oxygen atoms in total. The highest BCUT2D eigenvalue weighted by atomic mass is 35.5. The molecule has 1 aliphatic rings. The largest absolute Gasteiger partial charge is 0.465 e. The third kappa shape index (κ3) is 1.74. The van der Waals surface area contributed by atoms with E-state index < -0.39 is 12.9 Å². The summed E-state index contributed by atoms with van der Waals surface area (Å²) in [7, 11) is 0. The first-order valence-corrected chi connectivity index (χ1v) is 6.76. The lowest BCUT2D eigenvalue weighted by molar-refractivity contribution is 0.0996. The highest BCUT2D eigenvalue weighted by molar-refractivity contribution is 6.29. The topological polar surface area (TPSA) is 27.1 Å². The van der Waals surface area contributed by atoms with E-state index in [9.17, 15) is 8.78 Å². The molecule has 0 saturated carbocycles. The predicted octanol–water partition coefficient (Wildman–Crippen LogP) is 4.36. The van der Waals surface area contributed by atoms with Crippen LogP contribution in [0.2, 0.25) is 5.15 Å². The number of benzene rings is 1. The molecule has 3 aromatic rings. The Morgan fingerprint density at radius 2 is 2.14 bits per heavy atom. The summed E-state index contributed by atoms with van der Waals surface area (Å²) in [4.78, 5) is 4.22. The van der Waals surface area contributed by atoms with E-state index in [0.717, 1.165) is 0 Å². The molecule has 1 aromatic carbocycles. The molecule has 0 spiro atoms. The van der Waals surface area contributed by atoms with Crippen LogP contribution in [-0.2, 0) is 0 Å². The molecule has 106 valence electrons. The lowest BCUT2D eigenvalue weighted by Gasteiger charge is -2.27. The molecular weight excluding hydrogens is 298 g/mol. The van der Waals surface area contributed by atoms with Crippen LogP contribution in [0.1, 0.15) is 6.23 Å². The Kier molecular flexibility index (Phi) is 2.65. The second kappa shape index (κ2) is 4.43. The van der Waals surface area contributed by atoms with Gasteiger partial charge in [-0.2, -0.15) is 0 Å². The fourth-order valence-corrected chi connectivity index (χ4v) is 2.86. The molecule has 4 rings (SSSR count).